The van der Waals surface area contributed by atoms with E-state index in [1.807, 2.05) is 0 Å². The van der Waals surface area contributed by atoms with Crippen molar-refractivity contribution in [3.8, 4) is 0 Å². The molecule has 130 valence electrons. The standard InChI is InChI=1S/C17H22N2O4S/c1-2-18-12-13-7-9-19(10-8-13)24(21,22)15-4-5-16-14(11-15)3-6-17(20)23-16/h3-6,11,13,18H,2,7-10,12H2,1H3. The van der Waals surface area contributed by atoms with E-state index in [1.165, 1.54) is 12.1 Å². The van der Waals surface area contributed by atoms with Gasteiger partial charge in [0.1, 0.15) is 5.58 Å². The van der Waals surface area contributed by atoms with Gasteiger partial charge in [-0.25, -0.2) is 13.2 Å². The molecule has 2 aromatic rings. The van der Waals surface area contributed by atoms with Crippen LogP contribution in [-0.2, 0) is 10.0 Å². The van der Waals surface area contributed by atoms with E-state index in [9.17, 15) is 13.2 Å². The lowest BCUT2D eigenvalue weighted by atomic mass is 9.98. The molecule has 2 heterocycles. The number of fused-ring (bicyclic) bond motifs is 1. The molecule has 0 unspecified atom stereocenters. The van der Waals surface area contributed by atoms with Gasteiger partial charge in [-0.15, -0.1) is 0 Å². The van der Waals surface area contributed by atoms with Crippen LogP contribution in [0.4, 0.5) is 0 Å². The van der Waals surface area contributed by atoms with Crippen molar-refractivity contribution < 1.29 is 12.8 Å². The molecule has 0 saturated carbocycles. The third-order valence-corrected chi connectivity index (χ3v) is 6.38. The molecule has 1 saturated heterocycles. The van der Waals surface area contributed by atoms with Gasteiger partial charge < -0.3 is 9.73 Å². The smallest absolute Gasteiger partial charge is 0.336 e. The lowest BCUT2D eigenvalue weighted by Crippen LogP contribution is -2.40. The fourth-order valence-electron chi connectivity index (χ4n) is 3.06. The Kier molecular flexibility index (Phi) is 5.03. The second-order valence-electron chi connectivity index (χ2n) is 6.11. The molecule has 3 rings (SSSR count). The number of nitrogens with one attached hydrogen (secondary N) is 1. The van der Waals surface area contributed by atoms with Crippen molar-refractivity contribution in [3.63, 3.8) is 0 Å². The van der Waals surface area contributed by atoms with Crippen LogP contribution < -0.4 is 10.9 Å². The number of hydrogen-bond acceptors (Lipinski definition) is 5. The van der Waals surface area contributed by atoms with Crippen molar-refractivity contribution in [2.75, 3.05) is 26.2 Å². The largest absolute Gasteiger partial charge is 0.423 e. The summed E-state index contributed by atoms with van der Waals surface area (Å²) in [5.74, 6) is 0.530. The van der Waals surface area contributed by atoms with E-state index in [1.54, 1.807) is 22.5 Å². The molecule has 0 atom stereocenters. The van der Waals surface area contributed by atoms with E-state index >= 15 is 0 Å². The van der Waals surface area contributed by atoms with Crippen molar-refractivity contribution in [1.29, 1.82) is 0 Å². The number of benzene rings is 1. The van der Waals surface area contributed by atoms with Gasteiger partial charge in [0.15, 0.2) is 0 Å². The van der Waals surface area contributed by atoms with Crippen molar-refractivity contribution in [2.45, 2.75) is 24.7 Å². The van der Waals surface area contributed by atoms with Crippen molar-refractivity contribution in [3.05, 3.63) is 40.8 Å². The van der Waals surface area contributed by atoms with Gasteiger partial charge in [0.25, 0.3) is 0 Å². The molecule has 24 heavy (non-hydrogen) atoms. The maximum Gasteiger partial charge on any atom is 0.336 e. The lowest BCUT2D eigenvalue weighted by Gasteiger charge is -2.31. The van der Waals surface area contributed by atoms with Crippen LogP contribution in [0, 0.1) is 5.92 Å². The Balaban J connectivity index is 1.78. The van der Waals surface area contributed by atoms with Gasteiger partial charge in [0, 0.05) is 24.5 Å². The zero-order valence-electron chi connectivity index (χ0n) is 13.7. The number of nitrogens with zero attached hydrogens (tertiary/aromatic N) is 1. The van der Waals surface area contributed by atoms with E-state index in [4.69, 9.17) is 4.42 Å². The summed E-state index contributed by atoms with van der Waals surface area (Å²) < 4.78 is 32.3. The molecule has 1 aromatic carbocycles. The fourth-order valence-corrected chi connectivity index (χ4v) is 4.57. The van der Waals surface area contributed by atoms with Crippen LogP contribution in [0.25, 0.3) is 11.0 Å². The zero-order valence-corrected chi connectivity index (χ0v) is 14.5. The third-order valence-electron chi connectivity index (χ3n) is 4.49. The Morgan fingerprint density at radius 3 is 2.67 bits per heavy atom. The highest BCUT2D eigenvalue weighted by molar-refractivity contribution is 7.89. The quantitative estimate of drug-likeness (QED) is 0.832. The highest BCUT2D eigenvalue weighted by atomic mass is 32.2. The highest BCUT2D eigenvalue weighted by Crippen LogP contribution is 2.25. The van der Waals surface area contributed by atoms with Gasteiger partial charge in [-0.1, -0.05) is 6.92 Å². The topological polar surface area (TPSA) is 79.6 Å². The Labute approximate surface area is 141 Å². The summed E-state index contributed by atoms with van der Waals surface area (Å²) in [4.78, 5) is 11.5. The molecule has 0 bridgehead atoms. The van der Waals surface area contributed by atoms with Gasteiger partial charge in [-0.2, -0.15) is 4.31 Å². The third kappa shape index (κ3) is 3.53. The predicted octanol–water partition coefficient (Wildman–Crippen LogP) is 1.80. The van der Waals surface area contributed by atoms with Crippen LogP contribution >= 0.6 is 0 Å². The van der Waals surface area contributed by atoms with E-state index in [0.29, 0.717) is 30.0 Å². The number of sulfonamides is 1. The summed E-state index contributed by atoms with van der Waals surface area (Å²) in [5, 5.41) is 3.93. The van der Waals surface area contributed by atoms with Gasteiger partial charge in [0.2, 0.25) is 10.0 Å². The fraction of sp³-hybridized carbons (Fsp3) is 0.471. The van der Waals surface area contributed by atoms with Crippen LogP contribution in [0.15, 0.2) is 44.4 Å². The van der Waals surface area contributed by atoms with Gasteiger partial charge in [-0.05, 0) is 56.1 Å². The number of hydrogen-bond donors (Lipinski definition) is 1. The van der Waals surface area contributed by atoms with E-state index in [0.717, 1.165) is 25.9 Å². The summed E-state index contributed by atoms with van der Waals surface area (Å²) in [6.07, 6.45) is 1.74. The van der Waals surface area contributed by atoms with Crippen LogP contribution in [0.1, 0.15) is 19.8 Å². The predicted molar refractivity (Wildman–Crippen MR) is 92.5 cm³/mol. The van der Waals surface area contributed by atoms with Gasteiger partial charge in [0.05, 0.1) is 4.90 Å². The monoisotopic (exact) mass is 350 g/mol. The van der Waals surface area contributed by atoms with E-state index in [-0.39, 0.29) is 4.90 Å². The minimum Gasteiger partial charge on any atom is -0.423 e. The molecular weight excluding hydrogens is 328 g/mol. The number of rotatable bonds is 5. The first kappa shape index (κ1) is 17.1. The molecule has 0 spiro atoms. The first-order valence-electron chi connectivity index (χ1n) is 8.25. The molecule has 0 aliphatic carbocycles. The van der Waals surface area contributed by atoms with Crippen molar-refractivity contribution in [2.24, 2.45) is 5.92 Å². The second-order valence-corrected chi connectivity index (χ2v) is 8.05. The average Bonchev–Trinajstić information content (AvgIpc) is 2.59. The van der Waals surface area contributed by atoms with E-state index in [2.05, 4.69) is 12.2 Å². The van der Waals surface area contributed by atoms with Crippen LogP contribution in [0.5, 0.6) is 0 Å². The molecule has 1 aliphatic heterocycles. The molecule has 0 radical (unpaired) electrons. The highest BCUT2D eigenvalue weighted by Gasteiger charge is 2.29. The number of piperidine rings is 1. The Bertz CT molecular complexity index is 868. The summed E-state index contributed by atoms with van der Waals surface area (Å²) in [7, 11) is -3.51. The molecule has 7 heteroatoms. The molecular formula is C17H22N2O4S. The summed E-state index contributed by atoms with van der Waals surface area (Å²) in [5.41, 5.74) is -0.0494. The average molecular weight is 350 g/mol. The maximum absolute atomic E-state index is 12.8. The molecule has 1 fully saturated rings. The molecule has 1 aliphatic rings. The zero-order chi connectivity index (χ0) is 17.2. The first-order valence-corrected chi connectivity index (χ1v) is 9.69. The normalized spacial score (nSPS) is 17.4. The summed E-state index contributed by atoms with van der Waals surface area (Å²) in [6.45, 7) is 5.03. The van der Waals surface area contributed by atoms with Gasteiger partial charge >= 0.3 is 5.63 Å². The minimum atomic E-state index is -3.51. The molecule has 6 nitrogen and oxygen atoms in total. The minimum absolute atomic E-state index is 0.244. The van der Waals surface area contributed by atoms with Crippen molar-refractivity contribution >= 4 is 21.0 Å². The summed E-state index contributed by atoms with van der Waals surface area (Å²) in [6, 6.07) is 7.50. The Morgan fingerprint density at radius 1 is 1.21 bits per heavy atom. The SMILES string of the molecule is CCNCC1CCN(S(=O)(=O)c2ccc3oc(=O)ccc3c2)CC1. The van der Waals surface area contributed by atoms with Crippen LogP contribution in [-0.4, -0.2) is 38.9 Å². The van der Waals surface area contributed by atoms with Gasteiger partial charge in [-0.3, -0.25) is 0 Å². The van der Waals surface area contributed by atoms with Crippen LogP contribution in [0.3, 0.4) is 0 Å². The second kappa shape index (κ2) is 7.04. The molecule has 0 amide bonds. The molecule has 1 aromatic heterocycles. The summed E-state index contributed by atoms with van der Waals surface area (Å²) >= 11 is 0. The maximum atomic E-state index is 12.8. The van der Waals surface area contributed by atoms with Crippen LogP contribution in [0.2, 0.25) is 0 Å². The Hall–Kier alpha value is -1.70. The van der Waals surface area contributed by atoms with Crippen molar-refractivity contribution in [1.82, 2.24) is 9.62 Å². The van der Waals surface area contributed by atoms with E-state index < -0.39 is 15.6 Å². The molecule has 1 N–H and O–H groups in total. The lowest BCUT2D eigenvalue weighted by molar-refractivity contribution is 0.268. The first-order chi connectivity index (χ1) is 11.5. The Morgan fingerprint density at radius 2 is 1.96 bits per heavy atom.